The van der Waals surface area contributed by atoms with Gasteiger partial charge in [0.2, 0.25) is 53.4 Å². The number of carbonyl (C=O) groups is 8. The van der Waals surface area contributed by atoms with Gasteiger partial charge >= 0.3 is 5.97 Å². The zero-order chi connectivity index (χ0) is 87.2. The highest BCUT2D eigenvalue weighted by Crippen LogP contribution is 2.50. The van der Waals surface area contributed by atoms with Crippen molar-refractivity contribution in [3.05, 3.63) is 189 Å². The summed E-state index contributed by atoms with van der Waals surface area (Å²) in [6.07, 6.45) is -16.8. The highest BCUT2D eigenvalue weighted by molar-refractivity contribution is 6.32. The van der Waals surface area contributed by atoms with Crippen LogP contribution in [0, 0.1) is 5.92 Å². The zero-order valence-corrected chi connectivity index (χ0v) is 67.3. The maximum absolute atomic E-state index is 16.3. The highest BCUT2D eigenvalue weighted by atomic mass is 35.5. The van der Waals surface area contributed by atoms with Gasteiger partial charge in [-0.25, -0.2) is 4.79 Å². The molecule has 7 aliphatic rings. The number of ether oxygens (including phenoxy) is 8. The summed E-state index contributed by atoms with van der Waals surface area (Å²) in [6.45, 7) is 10.3. The molecule has 2 saturated heterocycles. The predicted octanol–water partition coefficient (Wildman–Crippen LogP) is 4.47. The fourth-order valence-corrected chi connectivity index (χ4v) is 15.3. The molecule has 0 aromatic heterocycles. The fourth-order valence-electron chi connectivity index (χ4n) is 14.8. The highest BCUT2D eigenvalue weighted by Gasteiger charge is 2.52. The Bertz CT molecular complexity index is 5070. The first-order chi connectivity index (χ1) is 57.6. The molecule has 0 unspecified atom stereocenters. The molecule has 7 aromatic rings. The Morgan fingerprint density at radius 2 is 1.35 bits per heavy atom. The zero-order valence-electron chi connectivity index (χ0n) is 65.8. The molecule has 0 saturated carbocycles. The van der Waals surface area contributed by atoms with E-state index in [0.29, 0.717) is 23.5 Å². The van der Waals surface area contributed by atoms with E-state index in [1.165, 1.54) is 19.2 Å². The summed E-state index contributed by atoms with van der Waals surface area (Å²) < 4.78 is 52.0. The average Bonchev–Trinajstić information content (AvgIpc) is 0.763. The van der Waals surface area contributed by atoms with Crippen molar-refractivity contribution >= 4 is 70.5 Å². The lowest BCUT2D eigenvalue weighted by Crippen LogP contribution is -2.65. The van der Waals surface area contributed by atoms with Gasteiger partial charge in [-0.05, 0) is 140 Å². The van der Waals surface area contributed by atoms with Gasteiger partial charge in [0.05, 0.1) is 47.9 Å². The van der Waals surface area contributed by atoms with Crippen LogP contribution in [0.3, 0.4) is 0 Å². The van der Waals surface area contributed by atoms with E-state index >= 15 is 14.4 Å². The number of carbonyl (C=O) groups excluding carboxylic acids is 7. The summed E-state index contributed by atoms with van der Waals surface area (Å²) in [6, 6.07) is 14.1. The van der Waals surface area contributed by atoms with Crippen molar-refractivity contribution in [2.24, 2.45) is 11.7 Å². The Morgan fingerprint density at radius 3 is 1.98 bits per heavy atom. The van der Waals surface area contributed by atoms with Gasteiger partial charge in [0.25, 0.3) is 0 Å². The number of amides is 7. The Labute approximate surface area is 702 Å². The molecule has 11 bridgehead atoms. The summed E-state index contributed by atoms with van der Waals surface area (Å²) in [4.78, 5) is 118. The number of hydrogen-bond acceptors (Lipinski definition) is 27. The van der Waals surface area contributed by atoms with Crippen LogP contribution in [0.1, 0.15) is 123 Å². The van der Waals surface area contributed by atoms with Gasteiger partial charge < -0.3 is 137 Å². The van der Waals surface area contributed by atoms with E-state index in [1.54, 1.807) is 32.1 Å². The minimum Gasteiger partial charge on any atom is -0.508 e. The van der Waals surface area contributed by atoms with Crippen LogP contribution in [-0.2, 0) is 65.7 Å². The van der Waals surface area contributed by atoms with Gasteiger partial charge in [0.15, 0.2) is 41.4 Å². The number of aliphatic carboxylic acids is 1. The number of likely N-dealkylation sites (N-methyl/N-ethyl adjacent to an activating group) is 1. The number of halogens is 2. The molecule has 37 heteroatoms. The molecule has 14 rings (SSSR count). The first kappa shape index (κ1) is 88.9. The van der Waals surface area contributed by atoms with Crippen LogP contribution in [-0.4, -0.2) is 198 Å². The van der Waals surface area contributed by atoms with E-state index in [0.717, 1.165) is 72.3 Å². The molecule has 7 amide bonds. The van der Waals surface area contributed by atoms with Gasteiger partial charge in [0.1, 0.15) is 96.1 Å². The van der Waals surface area contributed by atoms with Crippen LogP contribution in [0.25, 0.3) is 11.1 Å². The molecule has 0 radical (unpaired) electrons. The van der Waals surface area contributed by atoms with Crippen molar-refractivity contribution in [3.8, 4) is 68.6 Å². The van der Waals surface area contributed by atoms with Gasteiger partial charge in [-0.15, -0.1) is 6.58 Å². The van der Waals surface area contributed by atoms with Crippen LogP contribution in [0.2, 0.25) is 10.0 Å². The van der Waals surface area contributed by atoms with Crippen LogP contribution in [0.15, 0.2) is 140 Å². The summed E-state index contributed by atoms with van der Waals surface area (Å²) in [5.74, 6) is -15.3. The smallest absolute Gasteiger partial charge is 0.330 e. The number of carboxylic acid groups (broad SMARTS) is 1. The number of primary amides is 1. The monoisotopic (exact) mass is 1710 g/mol. The molecule has 7 aromatic carbocycles. The number of nitrogens with two attached hydrogens (primary N) is 1. The Balaban J connectivity index is 1.02. The van der Waals surface area contributed by atoms with E-state index in [2.05, 4.69) is 49.1 Å². The fraction of sp³-hybridized carbons (Fsp3) is 0.381. The van der Waals surface area contributed by atoms with Crippen molar-refractivity contribution in [2.45, 2.75) is 176 Å². The first-order valence-corrected chi connectivity index (χ1v) is 39.3. The third-order valence-corrected chi connectivity index (χ3v) is 21.8. The van der Waals surface area contributed by atoms with Gasteiger partial charge in [0, 0.05) is 41.3 Å². The van der Waals surface area contributed by atoms with Crippen molar-refractivity contribution < 1.29 is 127 Å². The number of nitrogens with one attached hydrogen (secondary N) is 8. The second-order valence-corrected chi connectivity index (χ2v) is 31.3. The Morgan fingerprint density at radius 1 is 0.694 bits per heavy atom. The standard InChI is InChI=1S/C84H93Cl2N9O26/c1-7-8-22-114-57-24-40(14-19-56(57)115-36-39-12-10-9-11-13-39)34-89-84(5)33-62(116-38(4)75(84)105)120-74-72(104)71(103)60(35-96)119-83(74)121-73-58-28-44-29-59(73)118-55-21-17-43(27-49(55)86)70(102)68-81(111)93-66(82(112)113)47-30-45(97)31-53(99)63(47)46-25-41(15-18-52(46)98)64(78(108)95-68)92-79(109)65(44)91-77(107)51(32-61(87)100)90-80(110)67(94-76(106)50(88-6)23-37(2)3)69(101)42-16-20-54(117-58)48(85)26-42/h7,9-21,24-31,37-38,50-51,60,62,64-72,74-75,83,88-89,96-99,101-105H,1,8,22-23,32-36H2,2-6H3,(H2,87,100)(H,90,110)(H,91,107)(H,92,109)(H,93,111)(H,94,106)(H,95,108)(H,112,113)/t38-,50+,51-,60+,62-,64+,65+,66-,67+,68-,69+,70+,71+,72-,74+,75+,83-,84-/m0/s1. The van der Waals surface area contributed by atoms with E-state index in [4.69, 9.17) is 66.8 Å². The van der Waals surface area contributed by atoms with Gasteiger partial charge in [-0.3, -0.25) is 33.6 Å². The molecule has 7 heterocycles. The second-order valence-electron chi connectivity index (χ2n) is 30.5. The number of rotatable bonds is 23. The van der Waals surface area contributed by atoms with Gasteiger partial charge in [-0.1, -0.05) is 97.7 Å². The summed E-state index contributed by atoms with van der Waals surface area (Å²) in [7, 11) is 1.48. The number of phenols is 3. The van der Waals surface area contributed by atoms with E-state index in [9.17, 15) is 75.0 Å². The molecule has 20 N–H and O–H groups in total. The van der Waals surface area contributed by atoms with Gasteiger partial charge in [-0.2, -0.15) is 0 Å². The van der Waals surface area contributed by atoms with Crippen molar-refractivity contribution in [1.82, 2.24) is 42.5 Å². The first-order valence-electron chi connectivity index (χ1n) is 38.6. The molecule has 35 nitrogen and oxygen atoms in total. The molecule has 644 valence electrons. The molecular formula is C84H93Cl2N9O26. The number of carboxylic acids is 1. The van der Waals surface area contributed by atoms with Crippen molar-refractivity contribution in [2.75, 3.05) is 20.3 Å². The lowest BCUT2D eigenvalue weighted by molar-refractivity contribution is -0.334. The number of aliphatic hydroxyl groups is 6. The quantitative estimate of drug-likeness (QED) is 0.0310. The SMILES string of the molecule is C=CCCOc1cc(CN[C@@]2(C)C[C@H](O[C@H]3[C@H](Oc4c5cc6cc4Oc4ccc(cc4Cl)[C@@H](O)[C@@H](NC(=O)[C@@H](CC(C)C)NC)C(=O)N[C@@H](CC(N)=O)C(=O)N[C@H]6C(=O)N[C@H]4C(=O)N[C@H](C(=O)N[C@H](C(=O)O)c6cc(O)cc(O)c6-c6cc4ccc6O)[C@H](O)c4ccc(c(Cl)c4)O5)O[C@H](CO)[C@@H](O)[C@@H]3O)O[C@@H](C)[C@H]2O)ccc1OCc1ccccc1. The molecule has 0 aliphatic carbocycles. The lowest BCUT2D eigenvalue weighted by Gasteiger charge is -2.48. The van der Waals surface area contributed by atoms with Crippen LogP contribution < -0.4 is 72.0 Å². The maximum Gasteiger partial charge on any atom is 0.330 e. The molecule has 2 fully saturated rings. The third-order valence-electron chi connectivity index (χ3n) is 21.3. The average molecular weight is 1720 g/mol. The third kappa shape index (κ3) is 20.1. The molecule has 7 aliphatic heterocycles. The summed E-state index contributed by atoms with van der Waals surface area (Å²) >= 11 is 14.3. The maximum atomic E-state index is 16.3. The number of fused-ring (bicyclic) bond motifs is 15. The summed E-state index contributed by atoms with van der Waals surface area (Å²) in [5.41, 5.74) is 3.20. The number of aliphatic hydroxyl groups excluding tert-OH is 6. The van der Waals surface area contributed by atoms with E-state index in [1.807, 2.05) is 50.2 Å². The van der Waals surface area contributed by atoms with Crippen LogP contribution in [0.4, 0.5) is 0 Å². The number of hydrogen-bond donors (Lipinski definition) is 19. The molecule has 18 atom stereocenters. The van der Waals surface area contributed by atoms with Crippen LogP contribution in [0.5, 0.6) is 57.5 Å². The molecule has 121 heavy (non-hydrogen) atoms. The second kappa shape index (κ2) is 38.1. The largest absolute Gasteiger partial charge is 0.508 e. The van der Waals surface area contributed by atoms with Crippen molar-refractivity contribution in [1.29, 1.82) is 0 Å². The summed E-state index contributed by atoms with van der Waals surface area (Å²) in [5, 5.41) is 137. The molecule has 0 spiro atoms. The molecular weight excluding hydrogens is 1620 g/mol. The number of phenolic OH excluding ortho intramolecular Hbond substituents is 3. The van der Waals surface area contributed by atoms with E-state index in [-0.39, 0.29) is 66.0 Å². The predicted molar refractivity (Wildman–Crippen MR) is 429 cm³/mol. The minimum atomic E-state index is -2.37. The minimum absolute atomic E-state index is 0.103. The lowest BCUT2D eigenvalue weighted by atomic mass is 9.84. The number of aromatic hydroxyl groups is 3. The van der Waals surface area contributed by atoms with Crippen LogP contribution >= 0.6 is 23.2 Å². The normalized spacial score (nSPS) is 26.4. The number of benzene rings is 7. The topological polar surface area (TPSA) is 535 Å². The van der Waals surface area contributed by atoms with Crippen molar-refractivity contribution in [3.63, 3.8) is 0 Å². The Hall–Kier alpha value is -11.4. The Kier molecular flexibility index (Phi) is 28.0. The van der Waals surface area contributed by atoms with E-state index < -0.39 is 237 Å².